The van der Waals surface area contributed by atoms with Gasteiger partial charge in [-0.15, -0.1) is 10.2 Å². The van der Waals surface area contributed by atoms with Crippen LogP contribution in [0.25, 0.3) is 0 Å². The van der Waals surface area contributed by atoms with Crippen LogP contribution < -0.4 is 19.1 Å². The molecule has 2 heterocycles. The molecular formula is C22H25N5O3S. The summed E-state index contributed by atoms with van der Waals surface area (Å²) >= 11 is 1.63. The monoisotopic (exact) mass is 439 g/mol. The molecule has 0 aliphatic carbocycles. The summed E-state index contributed by atoms with van der Waals surface area (Å²) in [6.07, 6.45) is 0.528. The van der Waals surface area contributed by atoms with Crippen molar-refractivity contribution in [3.05, 3.63) is 53.3 Å². The van der Waals surface area contributed by atoms with Crippen molar-refractivity contribution in [1.82, 2.24) is 14.9 Å². The zero-order valence-corrected chi connectivity index (χ0v) is 19.1. The van der Waals surface area contributed by atoms with Crippen LogP contribution in [0.3, 0.4) is 0 Å². The molecule has 0 saturated carbocycles. The quantitative estimate of drug-likeness (QED) is 0.559. The number of aromatic nitrogens is 3. The molecular weight excluding hydrogens is 414 g/mol. The summed E-state index contributed by atoms with van der Waals surface area (Å²) in [7, 11) is 8.86. The molecule has 0 unspecified atom stereocenters. The van der Waals surface area contributed by atoms with E-state index in [-0.39, 0.29) is 0 Å². The lowest BCUT2D eigenvalue weighted by molar-refractivity contribution is 0.324. The summed E-state index contributed by atoms with van der Waals surface area (Å²) in [5.41, 5.74) is 4.21. The van der Waals surface area contributed by atoms with Crippen molar-refractivity contribution < 1.29 is 14.2 Å². The van der Waals surface area contributed by atoms with Gasteiger partial charge in [-0.2, -0.15) is 9.78 Å². The van der Waals surface area contributed by atoms with Crippen molar-refractivity contribution >= 4 is 23.2 Å². The molecule has 31 heavy (non-hydrogen) atoms. The maximum atomic E-state index is 5.47. The molecule has 9 heteroatoms. The van der Waals surface area contributed by atoms with Crippen molar-refractivity contribution in [3.8, 4) is 17.2 Å². The standard InChI is InChI=1S/C22H25N5O3S/c1-26(2)16-8-6-15(7-9-16)17-13-31-22-24-23-20(27(22)25-17)12-14-10-18(28-3)21(30-5)19(11-14)29-4/h6-11H,12-13H2,1-5H3. The average Bonchev–Trinajstić information content (AvgIpc) is 3.20. The number of ether oxygens (including phenoxy) is 3. The zero-order valence-electron chi connectivity index (χ0n) is 18.2. The highest BCUT2D eigenvalue weighted by atomic mass is 32.2. The van der Waals surface area contributed by atoms with Gasteiger partial charge in [-0.05, 0) is 35.4 Å². The normalized spacial score (nSPS) is 12.7. The topological polar surface area (TPSA) is 74.0 Å². The van der Waals surface area contributed by atoms with Crippen LogP contribution in [-0.4, -0.2) is 61.8 Å². The van der Waals surface area contributed by atoms with Crippen LogP contribution in [0.2, 0.25) is 0 Å². The number of nitrogens with zero attached hydrogens (tertiary/aromatic N) is 5. The molecule has 1 aliphatic heterocycles. The van der Waals surface area contributed by atoms with Crippen molar-refractivity contribution in [1.29, 1.82) is 0 Å². The molecule has 3 aromatic rings. The number of rotatable bonds is 7. The van der Waals surface area contributed by atoms with Crippen molar-refractivity contribution in [3.63, 3.8) is 0 Å². The minimum Gasteiger partial charge on any atom is -0.493 e. The molecule has 8 nitrogen and oxygen atoms in total. The number of methoxy groups -OCH3 is 3. The minimum atomic E-state index is 0.528. The highest BCUT2D eigenvalue weighted by molar-refractivity contribution is 7.99. The highest BCUT2D eigenvalue weighted by Crippen LogP contribution is 2.38. The Bertz CT molecular complexity index is 1080. The van der Waals surface area contributed by atoms with Gasteiger partial charge in [0.1, 0.15) is 0 Å². The molecule has 1 aromatic heterocycles. The summed E-state index contributed by atoms with van der Waals surface area (Å²) in [6, 6.07) is 12.2. The van der Waals surface area contributed by atoms with Crippen LogP contribution in [0.5, 0.6) is 17.2 Å². The third-order valence-electron chi connectivity index (χ3n) is 5.04. The Labute approximate surface area is 185 Å². The molecule has 4 rings (SSSR count). The Balaban J connectivity index is 1.65. The maximum Gasteiger partial charge on any atom is 0.212 e. The van der Waals surface area contributed by atoms with Crippen LogP contribution >= 0.6 is 11.8 Å². The summed E-state index contributed by atoms with van der Waals surface area (Å²) in [5.74, 6) is 3.28. The zero-order chi connectivity index (χ0) is 22.0. The van der Waals surface area contributed by atoms with Gasteiger partial charge in [0.2, 0.25) is 10.9 Å². The van der Waals surface area contributed by atoms with Gasteiger partial charge >= 0.3 is 0 Å². The first-order valence-corrected chi connectivity index (χ1v) is 10.7. The lowest BCUT2D eigenvalue weighted by Crippen LogP contribution is -2.15. The van der Waals surface area contributed by atoms with Crippen molar-refractivity contribution in [2.45, 2.75) is 11.6 Å². The number of thioether (sulfide) groups is 1. The van der Waals surface area contributed by atoms with E-state index in [1.54, 1.807) is 33.1 Å². The van der Waals surface area contributed by atoms with E-state index < -0.39 is 0 Å². The summed E-state index contributed by atoms with van der Waals surface area (Å²) < 4.78 is 18.2. The predicted molar refractivity (Wildman–Crippen MR) is 122 cm³/mol. The first-order valence-electron chi connectivity index (χ1n) is 9.75. The predicted octanol–water partition coefficient (Wildman–Crippen LogP) is 3.32. The number of fused-ring (bicyclic) bond motifs is 1. The Morgan fingerprint density at radius 2 is 1.65 bits per heavy atom. The molecule has 0 atom stereocenters. The van der Waals surface area contributed by atoms with E-state index in [1.807, 2.05) is 30.9 Å². The van der Waals surface area contributed by atoms with Gasteiger partial charge in [0, 0.05) is 32.0 Å². The summed E-state index contributed by atoms with van der Waals surface area (Å²) in [4.78, 5) is 2.08. The maximum absolute atomic E-state index is 5.47. The van der Waals surface area contributed by atoms with Gasteiger partial charge in [0.05, 0.1) is 27.0 Å². The highest BCUT2D eigenvalue weighted by Gasteiger charge is 2.21. The number of benzene rings is 2. The van der Waals surface area contributed by atoms with E-state index in [9.17, 15) is 0 Å². The van der Waals surface area contributed by atoms with E-state index >= 15 is 0 Å². The van der Waals surface area contributed by atoms with Gasteiger partial charge in [0.25, 0.3) is 0 Å². The lowest BCUT2D eigenvalue weighted by Gasteiger charge is -2.16. The van der Waals surface area contributed by atoms with Crippen LogP contribution in [0, 0.1) is 0 Å². The molecule has 0 spiro atoms. The van der Waals surface area contributed by atoms with Crippen LogP contribution in [0.4, 0.5) is 5.69 Å². The second-order valence-corrected chi connectivity index (χ2v) is 8.14. The Morgan fingerprint density at radius 1 is 0.968 bits per heavy atom. The summed E-state index contributed by atoms with van der Waals surface area (Å²) in [5, 5.41) is 14.3. The van der Waals surface area contributed by atoms with Crippen molar-refractivity contribution in [2.24, 2.45) is 5.10 Å². The first-order chi connectivity index (χ1) is 15.0. The van der Waals surface area contributed by atoms with Gasteiger partial charge in [-0.1, -0.05) is 23.9 Å². The number of hydrogen-bond acceptors (Lipinski definition) is 8. The molecule has 0 N–H and O–H groups in total. The van der Waals surface area contributed by atoms with E-state index in [0.717, 1.165) is 39.3 Å². The Kier molecular flexibility index (Phi) is 6.03. The van der Waals surface area contributed by atoms with Gasteiger partial charge in [-0.3, -0.25) is 0 Å². The van der Waals surface area contributed by atoms with E-state index in [4.69, 9.17) is 19.3 Å². The fourth-order valence-electron chi connectivity index (χ4n) is 3.39. The molecule has 0 amide bonds. The largest absolute Gasteiger partial charge is 0.493 e. The third kappa shape index (κ3) is 4.18. The molecule has 162 valence electrons. The first kappa shape index (κ1) is 21.0. The second-order valence-electron chi connectivity index (χ2n) is 7.20. The van der Waals surface area contributed by atoms with Gasteiger partial charge in [-0.25, -0.2) is 0 Å². The third-order valence-corrected chi connectivity index (χ3v) is 5.97. The molecule has 0 radical (unpaired) electrons. The molecule has 2 aromatic carbocycles. The second kappa shape index (κ2) is 8.89. The molecule has 1 aliphatic rings. The lowest BCUT2D eigenvalue weighted by atomic mass is 10.1. The van der Waals surface area contributed by atoms with Crippen LogP contribution in [0.15, 0.2) is 46.7 Å². The smallest absolute Gasteiger partial charge is 0.212 e. The van der Waals surface area contributed by atoms with Crippen molar-refractivity contribution in [2.75, 3.05) is 46.1 Å². The van der Waals surface area contributed by atoms with Crippen LogP contribution in [0.1, 0.15) is 17.0 Å². The SMILES string of the molecule is COc1cc(Cc2nnc3n2N=C(c2ccc(N(C)C)cc2)CS3)cc(OC)c1OC. The number of hydrogen-bond donors (Lipinski definition) is 0. The minimum absolute atomic E-state index is 0.528. The van der Waals surface area contributed by atoms with E-state index in [0.29, 0.717) is 23.7 Å². The molecule has 0 bridgehead atoms. The fraction of sp³-hybridized carbons (Fsp3) is 0.318. The molecule has 0 fully saturated rings. The average molecular weight is 440 g/mol. The fourth-order valence-corrected chi connectivity index (χ4v) is 4.25. The number of anilines is 1. The Hall–Kier alpha value is -3.20. The summed E-state index contributed by atoms with van der Waals surface area (Å²) in [6.45, 7) is 0. The molecule has 0 saturated heterocycles. The Morgan fingerprint density at radius 3 is 2.23 bits per heavy atom. The van der Waals surface area contributed by atoms with E-state index in [1.165, 1.54) is 0 Å². The van der Waals surface area contributed by atoms with E-state index in [2.05, 4.69) is 39.4 Å². The van der Waals surface area contributed by atoms with Gasteiger partial charge < -0.3 is 19.1 Å². The van der Waals surface area contributed by atoms with Gasteiger partial charge in [0.15, 0.2) is 17.3 Å². The van der Waals surface area contributed by atoms with Crippen LogP contribution in [-0.2, 0) is 6.42 Å².